The highest BCUT2D eigenvalue weighted by atomic mass is 15.2. The Morgan fingerprint density at radius 2 is 1.88 bits per heavy atom. The summed E-state index contributed by atoms with van der Waals surface area (Å²) in [5, 5.41) is 0. The van der Waals surface area contributed by atoms with Crippen molar-refractivity contribution in [2.24, 2.45) is 5.73 Å². The molecule has 3 heteroatoms. The van der Waals surface area contributed by atoms with Gasteiger partial charge >= 0.3 is 0 Å². The predicted molar refractivity (Wildman–Crippen MR) is 70.6 cm³/mol. The van der Waals surface area contributed by atoms with Crippen LogP contribution in [0.15, 0.2) is 0 Å². The Kier molecular flexibility index (Phi) is 5.22. The molecule has 0 radical (unpaired) electrons. The average Bonchev–Trinajstić information content (AvgIpc) is 2.37. The van der Waals surface area contributed by atoms with Crippen LogP contribution >= 0.6 is 0 Å². The number of hydrogen-bond acceptors (Lipinski definition) is 3. The highest BCUT2D eigenvalue weighted by Gasteiger charge is 2.37. The third-order valence-electron chi connectivity index (χ3n) is 4.61. The fourth-order valence-electron chi connectivity index (χ4n) is 2.73. The van der Waals surface area contributed by atoms with E-state index in [2.05, 4.69) is 37.6 Å². The summed E-state index contributed by atoms with van der Waals surface area (Å²) in [6, 6.07) is 0.636. The van der Waals surface area contributed by atoms with Gasteiger partial charge in [0.25, 0.3) is 0 Å². The molecule has 1 aliphatic heterocycles. The van der Waals surface area contributed by atoms with Crippen molar-refractivity contribution in [3.05, 3.63) is 0 Å². The van der Waals surface area contributed by atoms with Gasteiger partial charge in [-0.25, -0.2) is 0 Å². The van der Waals surface area contributed by atoms with E-state index in [4.69, 9.17) is 5.73 Å². The van der Waals surface area contributed by atoms with Crippen molar-refractivity contribution in [1.82, 2.24) is 9.80 Å². The van der Waals surface area contributed by atoms with E-state index in [0.717, 1.165) is 6.54 Å². The summed E-state index contributed by atoms with van der Waals surface area (Å²) >= 11 is 0. The van der Waals surface area contributed by atoms with E-state index in [1.807, 2.05) is 0 Å². The van der Waals surface area contributed by atoms with Crippen molar-refractivity contribution in [1.29, 1.82) is 0 Å². The minimum absolute atomic E-state index is 0.251. The summed E-state index contributed by atoms with van der Waals surface area (Å²) in [5.74, 6) is 0. The van der Waals surface area contributed by atoms with Gasteiger partial charge < -0.3 is 10.6 Å². The third-order valence-corrected chi connectivity index (χ3v) is 4.61. The van der Waals surface area contributed by atoms with Crippen LogP contribution in [0.4, 0.5) is 0 Å². The van der Waals surface area contributed by atoms with Crippen molar-refractivity contribution >= 4 is 0 Å². The van der Waals surface area contributed by atoms with Crippen LogP contribution in [0, 0.1) is 0 Å². The normalized spacial score (nSPS) is 23.6. The van der Waals surface area contributed by atoms with Crippen LogP contribution in [-0.2, 0) is 0 Å². The molecule has 0 aromatic carbocycles. The molecule has 1 heterocycles. The molecule has 1 unspecified atom stereocenters. The molecule has 0 spiro atoms. The Bertz CT molecular complexity index is 197. The topological polar surface area (TPSA) is 32.5 Å². The Morgan fingerprint density at radius 1 is 1.31 bits per heavy atom. The summed E-state index contributed by atoms with van der Waals surface area (Å²) < 4.78 is 0. The Labute approximate surface area is 101 Å². The first kappa shape index (κ1) is 13.9. The number of likely N-dealkylation sites (tertiary alicyclic amines) is 1. The maximum Gasteiger partial charge on any atom is 0.0355 e. The van der Waals surface area contributed by atoms with Gasteiger partial charge in [0.2, 0.25) is 0 Å². The highest BCUT2D eigenvalue weighted by molar-refractivity contribution is 4.96. The van der Waals surface area contributed by atoms with Gasteiger partial charge in [-0.15, -0.1) is 0 Å². The first-order valence-corrected chi connectivity index (χ1v) is 6.75. The molecule has 1 atom stereocenters. The third kappa shape index (κ3) is 2.76. The predicted octanol–water partition coefficient (Wildman–Crippen LogP) is 1.53. The van der Waals surface area contributed by atoms with E-state index >= 15 is 0 Å². The summed E-state index contributed by atoms with van der Waals surface area (Å²) in [6.45, 7) is 11.2. The standard InChI is InChI=1S/C13H29N3/c1-5-12(3)15(4)13(11-14)7-9-16(6-2)10-8-13/h12H,5-11,14H2,1-4H3. The SMILES string of the molecule is CCC(C)N(C)C1(CN)CCN(CC)CC1. The second-order valence-electron chi connectivity index (χ2n) is 5.23. The molecule has 0 saturated carbocycles. The van der Waals surface area contributed by atoms with Gasteiger partial charge in [-0.1, -0.05) is 13.8 Å². The Balaban J connectivity index is 2.65. The molecule has 96 valence electrons. The fourth-order valence-corrected chi connectivity index (χ4v) is 2.73. The van der Waals surface area contributed by atoms with E-state index in [-0.39, 0.29) is 5.54 Å². The van der Waals surface area contributed by atoms with Crippen molar-refractivity contribution in [2.75, 3.05) is 33.2 Å². The van der Waals surface area contributed by atoms with Crippen LogP contribution < -0.4 is 5.73 Å². The number of nitrogens with zero attached hydrogens (tertiary/aromatic N) is 2. The first-order valence-electron chi connectivity index (χ1n) is 6.75. The van der Waals surface area contributed by atoms with E-state index in [9.17, 15) is 0 Å². The number of rotatable bonds is 5. The molecule has 1 fully saturated rings. The molecule has 3 nitrogen and oxygen atoms in total. The maximum atomic E-state index is 6.06. The molecular weight excluding hydrogens is 198 g/mol. The molecule has 0 amide bonds. The Morgan fingerprint density at radius 3 is 2.25 bits per heavy atom. The Hall–Kier alpha value is -0.120. The van der Waals surface area contributed by atoms with Crippen LogP contribution in [0.25, 0.3) is 0 Å². The lowest BCUT2D eigenvalue weighted by Gasteiger charge is -2.49. The van der Waals surface area contributed by atoms with Crippen molar-refractivity contribution in [3.63, 3.8) is 0 Å². The molecular formula is C13H29N3. The zero-order valence-electron chi connectivity index (χ0n) is 11.5. The molecule has 2 N–H and O–H groups in total. The zero-order valence-corrected chi connectivity index (χ0v) is 11.5. The summed E-state index contributed by atoms with van der Waals surface area (Å²) in [6.07, 6.45) is 3.64. The monoisotopic (exact) mass is 227 g/mol. The van der Waals surface area contributed by atoms with Crippen LogP contribution in [0.5, 0.6) is 0 Å². The van der Waals surface area contributed by atoms with E-state index < -0.39 is 0 Å². The molecule has 1 rings (SSSR count). The van der Waals surface area contributed by atoms with Gasteiger partial charge in [-0.3, -0.25) is 4.90 Å². The average molecular weight is 227 g/mol. The van der Waals surface area contributed by atoms with Crippen molar-refractivity contribution in [3.8, 4) is 0 Å². The summed E-state index contributed by atoms with van der Waals surface area (Å²) in [5.41, 5.74) is 6.31. The largest absolute Gasteiger partial charge is 0.329 e. The fraction of sp³-hybridized carbons (Fsp3) is 1.00. The smallest absolute Gasteiger partial charge is 0.0355 e. The highest BCUT2D eigenvalue weighted by Crippen LogP contribution is 2.29. The maximum absolute atomic E-state index is 6.06. The van der Waals surface area contributed by atoms with Gasteiger partial charge in [-0.2, -0.15) is 0 Å². The molecule has 0 aromatic rings. The van der Waals surface area contributed by atoms with Gasteiger partial charge in [0.15, 0.2) is 0 Å². The lowest BCUT2D eigenvalue weighted by molar-refractivity contribution is 0.0215. The second-order valence-corrected chi connectivity index (χ2v) is 5.23. The van der Waals surface area contributed by atoms with Crippen LogP contribution in [0.3, 0.4) is 0 Å². The zero-order chi connectivity index (χ0) is 12.2. The number of piperidine rings is 1. The molecule has 0 aliphatic carbocycles. The van der Waals surface area contributed by atoms with Gasteiger partial charge in [-0.05, 0) is 52.9 Å². The first-order chi connectivity index (χ1) is 7.59. The van der Waals surface area contributed by atoms with Crippen molar-refractivity contribution < 1.29 is 0 Å². The second kappa shape index (κ2) is 5.99. The lowest BCUT2D eigenvalue weighted by Crippen LogP contribution is -2.60. The molecule has 16 heavy (non-hydrogen) atoms. The van der Waals surface area contributed by atoms with Gasteiger partial charge in [0.1, 0.15) is 0 Å². The lowest BCUT2D eigenvalue weighted by atomic mass is 9.84. The molecule has 1 saturated heterocycles. The van der Waals surface area contributed by atoms with Crippen LogP contribution in [-0.4, -0.2) is 54.6 Å². The quantitative estimate of drug-likeness (QED) is 0.773. The minimum atomic E-state index is 0.251. The number of nitrogens with two attached hydrogens (primary N) is 1. The minimum Gasteiger partial charge on any atom is -0.329 e. The van der Waals surface area contributed by atoms with Gasteiger partial charge in [0.05, 0.1) is 0 Å². The number of likely N-dealkylation sites (N-methyl/N-ethyl adjacent to an activating group) is 1. The summed E-state index contributed by atoms with van der Waals surface area (Å²) in [4.78, 5) is 5.05. The van der Waals surface area contributed by atoms with Crippen LogP contribution in [0.1, 0.15) is 40.0 Å². The van der Waals surface area contributed by atoms with Gasteiger partial charge in [0, 0.05) is 18.1 Å². The van der Waals surface area contributed by atoms with Crippen molar-refractivity contribution in [2.45, 2.75) is 51.6 Å². The molecule has 0 bridgehead atoms. The van der Waals surface area contributed by atoms with Crippen LogP contribution in [0.2, 0.25) is 0 Å². The number of hydrogen-bond donors (Lipinski definition) is 1. The molecule has 0 aromatic heterocycles. The molecule has 1 aliphatic rings. The van der Waals surface area contributed by atoms with E-state index in [0.29, 0.717) is 6.04 Å². The van der Waals surface area contributed by atoms with E-state index in [1.54, 1.807) is 0 Å². The summed E-state index contributed by atoms with van der Waals surface area (Å²) in [7, 11) is 2.25. The van der Waals surface area contributed by atoms with E-state index in [1.165, 1.54) is 38.9 Å².